The van der Waals surface area contributed by atoms with Crippen molar-refractivity contribution in [3.05, 3.63) is 20.8 Å². The summed E-state index contributed by atoms with van der Waals surface area (Å²) in [4.78, 5) is 1.39. The fourth-order valence-corrected chi connectivity index (χ4v) is 3.62. The Hall–Kier alpha value is 0.430. The normalized spacial score (nSPS) is 26.1. The van der Waals surface area contributed by atoms with Crippen LogP contribution in [0.4, 0.5) is 0 Å². The predicted molar refractivity (Wildman–Crippen MR) is 66.1 cm³/mol. The first-order valence-electron chi connectivity index (χ1n) is 4.83. The number of halogens is 2. The molecule has 4 heteroatoms. The molecule has 1 saturated carbocycles. The summed E-state index contributed by atoms with van der Waals surface area (Å²) in [6, 6.07) is 4.26. The van der Waals surface area contributed by atoms with Gasteiger partial charge in [-0.1, -0.05) is 0 Å². The highest BCUT2D eigenvalue weighted by atomic mass is 79.9. The van der Waals surface area contributed by atoms with Crippen LogP contribution in [0.2, 0.25) is 0 Å². The molecular weight excluding hydrogens is 282 g/mol. The molecule has 0 aromatic carbocycles. The topological polar surface area (TPSA) is 12.0 Å². The molecule has 78 valence electrons. The van der Waals surface area contributed by atoms with Crippen LogP contribution in [0.15, 0.2) is 15.9 Å². The molecule has 0 atom stereocenters. The lowest BCUT2D eigenvalue weighted by atomic mass is 9.85. The standard InChI is InChI=1S/C10H13BrClNS/c11-10-2-1-9(14-10)6-13-5-7-3-8(12)4-7/h1-2,7-8,13H,3-6H2. The zero-order valence-electron chi connectivity index (χ0n) is 7.80. The molecule has 14 heavy (non-hydrogen) atoms. The second-order valence-electron chi connectivity index (χ2n) is 3.77. The monoisotopic (exact) mass is 293 g/mol. The minimum absolute atomic E-state index is 0.442. The Balaban J connectivity index is 1.63. The Labute approximate surface area is 102 Å². The lowest BCUT2D eigenvalue weighted by Crippen LogP contribution is -2.33. The maximum absolute atomic E-state index is 5.91. The molecule has 1 aliphatic rings. The minimum atomic E-state index is 0.442. The van der Waals surface area contributed by atoms with E-state index < -0.39 is 0 Å². The third kappa shape index (κ3) is 2.96. The van der Waals surface area contributed by atoms with Crippen LogP contribution in [0.25, 0.3) is 0 Å². The molecule has 0 amide bonds. The second kappa shape index (κ2) is 4.97. The lowest BCUT2D eigenvalue weighted by molar-refractivity contribution is 0.308. The second-order valence-corrected chi connectivity index (χ2v) is 6.94. The Morgan fingerprint density at radius 3 is 2.86 bits per heavy atom. The summed E-state index contributed by atoms with van der Waals surface area (Å²) in [5.74, 6) is 0.806. The minimum Gasteiger partial charge on any atom is -0.312 e. The number of nitrogens with one attached hydrogen (secondary N) is 1. The van der Waals surface area contributed by atoms with Crippen LogP contribution in [0.1, 0.15) is 17.7 Å². The van der Waals surface area contributed by atoms with E-state index in [0.717, 1.165) is 19.0 Å². The molecule has 0 unspecified atom stereocenters. The maximum Gasteiger partial charge on any atom is 0.0701 e. The van der Waals surface area contributed by atoms with E-state index in [1.54, 1.807) is 11.3 Å². The van der Waals surface area contributed by atoms with Crippen LogP contribution in [0.3, 0.4) is 0 Å². The van der Waals surface area contributed by atoms with Gasteiger partial charge in [0.25, 0.3) is 0 Å². The van der Waals surface area contributed by atoms with E-state index in [0.29, 0.717) is 5.38 Å². The van der Waals surface area contributed by atoms with Gasteiger partial charge in [-0.3, -0.25) is 0 Å². The molecule has 1 aromatic rings. The summed E-state index contributed by atoms with van der Waals surface area (Å²) in [6.45, 7) is 2.10. The molecule has 0 spiro atoms. The Kier molecular flexibility index (Phi) is 3.88. The van der Waals surface area contributed by atoms with Crippen LogP contribution in [-0.2, 0) is 6.54 Å². The number of hydrogen-bond donors (Lipinski definition) is 1. The van der Waals surface area contributed by atoms with Crippen molar-refractivity contribution in [2.24, 2.45) is 5.92 Å². The number of alkyl halides is 1. The van der Waals surface area contributed by atoms with Crippen molar-refractivity contribution in [3.8, 4) is 0 Å². The SMILES string of the molecule is ClC1CC(CNCc2ccc(Br)s2)C1. The quantitative estimate of drug-likeness (QED) is 0.837. The summed E-state index contributed by atoms with van der Waals surface area (Å²) in [7, 11) is 0. The van der Waals surface area contributed by atoms with Crippen molar-refractivity contribution in [1.29, 1.82) is 0 Å². The highest BCUT2D eigenvalue weighted by Crippen LogP contribution is 2.31. The van der Waals surface area contributed by atoms with Gasteiger partial charge >= 0.3 is 0 Å². The van der Waals surface area contributed by atoms with Crippen molar-refractivity contribution in [1.82, 2.24) is 5.32 Å². The number of rotatable bonds is 4. The first kappa shape index (κ1) is 10.9. The average Bonchev–Trinajstić information content (AvgIpc) is 2.48. The smallest absolute Gasteiger partial charge is 0.0701 e. The van der Waals surface area contributed by atoms with Gasteiger partial charge in [-0.05, 0) is 53.4 Å². The number of hydrogen-bond acceptors (Lipinski definition) is 2. The molecule has 2 rings (SSSR count). The van der Waals surface area contributed by atoms with E-state index in [2.05, 4.69) is 33.4 Å². The van der Waals surface area contributed by atoms with Gasteiger partial charge in [-0.15, -0.1) is 22.9 Å². The molecule has 1 nitrogen and oxygen atoms in total. The average molecular weight is 295 g/mol. The Morgan fingerprint density at radius 2 is 2.29 bits per heavy atom. The van der Waals surface area contributed by atoms with Gasteiger partial charge < -0.3 is 5.32 Å². The molecule has 1 aromatic heterocycles. The highest BCUT2D eigenvalue weighted by molar-refractivity contribution is 9.11. The zero-order chi connectivity index (χ0) is 9.97. The largest absolute Gasteiger partial charge is 0.312 e. The molecule has 0 saturated heterocycles. The third-order valence-electron chi connectivity index (χ3n) is 2.54. The molecule has 1 N–H and O–H groups in total. The highest BCUT2D eigenvalue weighted by Gasteiger charge is 2.26. The van der Waals surface area contributed by atoms with E-state index in [1.165, 1.54) is 21.5 Å². The molecule has 0 radical (unpaired) electrons. The third-order valence-corrected chi connectivity index (χ3v) is 4.52. The summed E-state index contributed by atoms with van der Waals surface area (Å²) in [6.07, 6.45) is 2.37. The molecule has 1 fully saturated rings. The molecule has 0 bridgehead atoms. The van der Waals surface area contributed by atoms with Gasteiger partial charge in [0.2, 0.25) is 0 Å². The fraction of sp³-hybridized carbons (Fsp3) is 0.600. The van der Waals surface area contributed by atoms with Gasteiger partial charge in [0, 0.05) is 16.8 Å². The van der Waals surface area contributed by atoms with E-state index in [1.807, 2.05) is 0 Å². The lowest BCUT2D eigenvalue weighted by Gasteiger charge is -2.30. The molecule has 1 heterocycles. The van der Waals surface area contributed by atoms with Crippen LogP contribution < -0.4 is 5.32 Å². The zero-order valence-corrected chi connectivity index (χ0v) is 11.0. The van der Waals surface area contributed by atoms with Crippen LogP contribution >= 0.6 is 38.9 Å². The van der Waals surface area contributed by atoms with E-state index >= 15 is 0 Å². The summed E-state index contributed by atoms with van der Waals surface area (Å²) in [5, 5.41) is 3.91. The van der Waals surface area contributed by atoms with Gasteiger partial charge in [-0.2, -0.15) is 0 Å². The number of thiophene rings is 1. The summed E-state index contributed by atoms with van der Waals surface area (Å²) >= 11 is 11.2. The van der Waals surface area contributed by atoms with Crippen molar-refractivity contribution in [2.45, 2.75) is 24.8 Å². The maximum atomic E-state index is 5.91. The summed E-state index contributed by atoms with van der Waals surface area (Å²) < 4.78 is 1.21. The van der Waals surface area contributed by atoms with Gasteiger partial charge in [0.15, 0.2) is 0 Å². The summed E-state index contributed by atoms with van der Waals surface area (Å²) in [5.41, 5.74) is 0. The Bertz CT molecular complexity index is 296. The van der Waals surface area contributed by atoms with Crippen molar-refractivity contribution < 1.29 is 0 Å². The van der Waals surface area contributed by atoms with Crippen LogP contribution in [-0.4, -0.2) is 11.9 Å². The van der Waals surface area contributed by atoms with Crippen LogP contribution in [0, 0.1) is 5.92 Å². The predicted octanol–water partition coefficient (Wildman–Crippen LogP) is 3.62. The van der Waals surface area contributed by atoms with Crippen molar-refractivity contribution in [2.75, 3.05) is 6.54 Å². The van der Waals surface area contributed by atoms with E-state index in [9.17, 15) is 0 Å². The molecule has 0 aliphatic heterocycles. The molecule has 1 aliphatic carbocycles. The van der Waals surface area contributed by atoms with Gasteiger partial charge in [0.1, 0.15) is 0 Å². The fourth-order valence-electron chi connectivity index (χ4n) is 1.67. The first-order chi connectivity index (χ1) is 6.74. The van der Waals surface area contributed by atoms with Crippen molar-refractivity contribution >= 4 is 38.9 Å². The molecular formula is C10H13BrClNS. The first-order valence-corrected chi connectivity index (χ1v) is 6.87. The van der Waals surface area contributed by atoms with Gasteiger partial charge in [-0.25, -0.2) is 0 Å². The van der Waals surface area contributed by atoms with E-state index in [-0.39, 0.29) is 0 Å². The van der Waals surface area contributed by atoms with Gasteiger partial charge in [0.05, 0.1) is 3.79 Å². The van der Waals surface area contributed by atoms with E-state index in [4.69, 9.17) is 11.6 Å². The van der Waals surface area contributed by atoms with Crippen molar-refractivity contribution in [3.63, 3.8) is 0 Å². The van der Waals surface area contributed by atoms with Crippen LogP contribution in [0.5, 0.6) is 0 Å². The Morgan fingerprint density at radius 1 is 1.50 bits per heavy atom.